The van der Waals surface area contributed by atoms with E-state index in [1.807, 2.05) is 0 Å². The fourth-order valence-corrected chi connectivity index (χ4v) is 0.972. The first kappa shape index (κ1) is 14.4. The van der Waals surface area contributed by atoms with Gasteiger partial charge in [0.05, 0.1) is 13.5 Å². The predicted octanol–water partition coefficient (Wildman–Crippen LogP) is 0.592. The Labute approximate surface area is 93.5 Å². The molecular formula is C10H16O6. The van der Waals surface area contributed by atoms with Crippen LogP contribution in [0.3, 0.4) is 0 Å². The number of carboxylic acid groups (broad SMARTS) is 1. The monoisotopic (exact) mass is 232 g/mol. The van der Waals surface area contributed by atoms with Crippen molar-refractivity contribution in [3.63, 3.8) is 0 Å². The van der Waals surface area contributed by atoms with Gasteiger partial charge in [0.1, 0.15) is 5.60 Å². The molecule has 1 N–H and O–H groups in total. The molecule has 0 saturated carbocycles. The largest absolute Gasteiger partial charge is 0.473 e. The van der Waals surface area contributed by atoms with E-state index in [-0.39, 0.29) is 12.3 Å². The van der Waals surface area contributed by atoms with Crippen LogP contribution in [0.15, 0.2) is 0 Å². The second kappa shape index (κ2) is 5.48. The molecule has 0 aliphatic carbocycles. The van der Waals surface area contributed by atoms with Gasteiger partial charge in [-0.1, -0.05) is 13.8 Å². The molecule has 0 bridgehead atoms. The molecule has 0 rings (SSSR count). The van der Waals surface area contributed by atoms with Crippen molar-refractivity contribution in [2.75, 3.05) is 7.11 Å². The zero-order valence-corrected chi connectivity index (χ0v) is 9.77. The molecule has 6 nitrogen and oxygen atoms in total. The number of carboxylic acids is 1. The number of hydrogen-bond donors (Lipinski definition) is 1. The van der Waals surface area contributed by atoms with Crippen molar-refractivity contribution in [2.24, 2.45) is 5.92 Å². The van der Waals surface area contributed by atoms with Crippen LogP contribution in [0, 0.1) is 5.92 Å². The van der Waals surface area contributed by atoms with Crippen molar-refractivity contribution in [2.45, 2.75) is 32.8 Å². The Bertz CT molecular complexity index is 296. The van der Waals surface area contributed by atoms with Crippen LogP contribution in [0.4, 0.5) is 0 Å². The second-order valence-electron chi connectivity index (χ2n) is 3.91. The highest BCUT2D eigenvalue weighted by Crippen LogP contribution is 2.26. The average Bonchev–Trinajstić information content (AvgIpc) is 2.16. The lowest BCUT2D eigenvalue weighted by molar-refractivity contribution is -0.180. The van der Waals surface area contributed by atoms with Gasteiger partial charge in [0.2, 0.25) is 0 Å². The second-order valence-corrected chi connectivity index (χ2v) is 3.91. The van der Waals surface area contributed by atoms with Crippen LogP contribution in [0.1, 0.15) is 27.2 Å². The zero-order valence-electron chi connectivity index (χ0n) is 9.77. The third-order valence-electron chi connectivity index (χ3n) is 2.44. The van der Waals surface area contributed by atoms with E-state index in [2.05, 4.69) is 4.74 Å². The Kier molecular flexibility index (Phi) is 4.94. The van der Waals surface area contributed by atoms with Crippen LogP contribution in [0.5, 0.6) is 0 Å². The molecule has 0 aromatic heterocycles. The summed E-state index contributed by atoms with van der Waals surface area (Å²) in [4.78, 5) is 32.4. The van der Waals surface area contributed by atoms with Crippen LogP contribution in [0.2, 0.25) is 0 Å². The Hall–Kier alpha value is -1.59. The number of rotatable bonds is 4. The van der Waals surface area contributed by atoms with Crippen LogP contribution in [-0.4, -0.2) is 35.7 Å². The fourth-order valence-electron chi connectivity index (χ4n) is 0.972. The van der Waals surface area contributed by atoms with Gasteiger partial charge in [-0.05, 0) is 12.8 Å². The van der Waals surface area contributed by atoms with E-state index in [1.54, 1.807) is 13.8 Å². The minimum Gasteiger partial charge on any atom is -0.473 e. The SMILES string of the molecule is COC(=O)CC(C)(OC(=O)C(=O)O)C(C)C. The molecule has 0 amide bonds. The summed E-state index contributed by atoms with van der Waals surface area (Å²) in [6.07, 6.45) is -0.180. The Morgan fingerprint density at radius 2 is 1.81 bits per heavy atom. The summed E-state index contributed by atoms with van der Waals surface area (Å²) in [5, 5.41) is 8.43. The highest BCUT2D eigenvalue weighted by atomic mass is 16.6. The van der Waals surface area contributed by atoms with Crippen LogP contribution < -0.4 is 0 Å². The Morgan fingerprint density at radius 1 is 1.31 bits per heavy atom. The van der Waals surface area contributed by atoms with Gasteiger partial charge < -0.3 is 14.6 Å². The van der Waals surface area contributed by atoms with Gasteiger partial charge in [-0.3, -0.25) is 4.79 Å². The molecule has 6 heteroatoms. The lowest BCUT2D eigenvalue weighted by Gasteiger charge is -2.31. The van der Waals surface area contributed by atoms with Gasteiger partial charge >= 0.3 is 17.9 Å². The van der Waals surface area contributed by atoms with Crippen LogP contribution in [0.25, 0.3) is 0 Å². The molecule has 0 aliphatic rings. The standard InChI is InChI=1S/C10H16O6/c1-6(2)10(3,5-7(11)15-4)16-9(14)8(12)13/h6H,5H2,1-4H3,(H,12,13). The van der Waals surface area contributed by atoms with E-state index in [0.717, 1.165) is 0 Å². The predicted molar refractivity (Wildman–Crippen MR) is 53.6 cm³/mol. The molecule has 0 aliphatic heterocycles. The van der Waals surface area contributed by atoms with Gasteiger partial charge in [0.15, 0.2) is 0 Å². The molecule has 92 valence electrons. The molecule has 1 unspecified atom stereocenters. The highest BCUT2D eigenvalue weighted by Gasteiger charge is 2.37. The summed E-state index contributed by atoms with van der Waals surface area (Å²) in [6, 6.07) is 0. The van der Waals surface area contributed by atoms with Gasteiger partial charge in [-0.2, -0.15) is 0 Å². The maximum absolute atomic E-state index is 11.1. The summed E-state index contributed by atoms with van der Waals surface area (Å²) >= 11 is 0. The smallest absolute Gasteiger partial charge is 0.417 e. The van der Waals surface area contributed by atoms with E-state index in [9.17, 15) is 14.4 Å². The van der Waals surface area contributed by atoms with E-state index >= 15 is 0 Å². The highest BCUT2D eigenvalue weighted by molar-refractivity contribution is 6.28. The lowest BCUT2D eigenvalue weighted by atomic mass is 9.89. The van der Waals surface area contributed by atoms with Crippen LogP contribution in [-0.2, 0) is 23.9 Å². The van der Waals surface area contributed by atoms with Crippen molar-refractivity contribution in [3.8, 4) is 0 Å². The van der Waals surface area contributed by atoms with Gasteiger partial charge in [-0.25, -0.2) is 9.59 Å². The topological polar surface area (TPSA) is 89.9 Å². The first-order valence-corrected chi connectivity index (χ1v) is 4.76. The normalized spacial score (nSPS) is 14.1. The van der Waals surface area contributed by atoms with Crippen molar-refractivity contribution in [1.82, 2.24) is 0 Å². The van der Waals surface area contributed by atoms with Gasteiger partial charge in [-0.15, -0.1) is 0 Å². The summed E-state index contributed by atoms with van der Waals surface area (Å²) in [7, 11) is 1.21. The van der Waals surface area contributed by atoms with Crippen LogP contribution >= 0.6 is 0 Å². The van der Waals surface area contributed by atoms with E-state index in [0.29, 0.717) is 0 Å². The summed E-state index contributed by atoms with van der Waals surface area (Å²) in [6.45, 7) is 4.94. The number of aliphatic carboxylic acids is 1. The number of carbonyl (C=O) groups is 3. The summed E-state index contributed by atoms with van der Waals surface area (Å²) in [5.74, 6) is -3.83. The van der Waals surface area contributed by atoms with Crippen molar-refractivity contribution in [1.29, 1.82) is 0 Å². The first-order chi connectivity index (χ1) is 7.23. The third-order valence-corrected chi connectivity index (χ3v) is 2.44. The molecule has 16 heavy (non-hydrogen) atoms. The molecule has 0 radical (unpaired) electrons. The molecule has 0 aromatic rings. The Morgan fingerprint density at radius 3 is 2.12 bits per heavy atom. The third kappa shape index (κ3) is 3.88. The minimum absolute atomic E-state index is 0.180. The van der Waals surface area contributed by atoms with Gasteiger partial charge in [0, 0.05) is 0 Å². The van der Waals surface area contributed by atoms with E-state index in [1.165, 1.54) is 14.0 Å². The molecule has 1 atom stereocenters. The molecule has 0 spiro atoms. The number of esters is 2. The first-order valence-electron chi connectivity index (χ1n) is 4.76. The number of hydrogen-bond acceptors (Lipinski definition) is 5. The molecule has 0 heterocycles. The number of ether oxygens (including phenoxy) is 2. The van der Waals surface area contributed by atoms with E-state index < -0.39 is 23.5 Å². The van der Waals surface area contributed by atoms with E-state index in [4.69, 9.17) is 9.84 Å². The maximum Gasteiger partial charge on any atom is 0.417 e. The quantitative estimate of drug-likeness (QED) is 0.563. The van der Waals surface area contributed by atoms with Crippen molar-refractivity contribution in [3.05, 3.63) is 0 Å². The van der Waals surface area contributed by atoms with Crippen molar-refractivity contribution < 1.29 is 29.0 Å². The number of carbonyl (C=O) groups excluding carboxylic acids is 2. The lowest BCUT2D eigenvalue weighted by Crippen LogP contribution is -2.41. The zero-order chi connectivity index (χ0) is 12.9. The Balaban J connectivity index is 4.76. The summed E-state index contributed by atoms with van der Waals surface area (Å²) < 4.78 is 9.25. The molecular weight excluding hydrogens is 216 g/mol. The molecule has 0 saturated heterocycles. The molecule has 0 fully saturated rings. The summed E-state index contributed by atoms with van der Waals surface area (Å²) in [5.41, 5.74) is -1.18. The maximum atomic E-state index is 11.1. The van der Waals surface area contributed by atoms with Crippen molar-refractivity contribution >= 4 is 17.9 Å². The fraction of sp³-hybridized carbons (Fsp3) is 0.700. The van der Waals surface area contributed by atoms with Gasteiger partial charge in [0.25, 0.3) is 0 Å². The molecule has 0 aromatic carbocycles. The average molecular weight is 232 g/mol. The number of methoxy groups -OCH3 is 1. The minimum atomic E-state index is -1.68.